The number of hydrogen-bond acceptors (Lipinski definition) is 2. The van der Waals surface area contributed by atoms with Crippen molar-refractivity contribution in [3.8, 4) is 0 Å². The summed E-state index contributed by atoms with van der Waals surface area (Å²) in [7, 11) is 0. The van der Waals surface area contributed by atoms with Gasteiger partial charge in [-0.1, -0.05) is 6.08 Å². The number of allylic oxidation sites excluding steroid dienone is 2. The number of ether oxygens (including phenoxy) is 2. The fraction of sp³-hybridized carbons (Fsp3) is 0.636. The lowest BCUT2D eigenvalue weighted by Gasteiger charge is -2.08. The third-order valence-corrected chi connectivity index (χ3v) is 1.94. The van der Waals surface area contributed by atoms with Crippen LogP contribution in [0.15, 0.2) is 24.5 Å². The van der Waals surface area contributed by atoms with E-state index in [4.69, 9.17) is 9.47 Å². The highest BCUT2D eigenvalue weighted by molar-refractivity contribution is 5.06. The molecular formula is C11H18O2. The van der Waals surface area contributed by atoms with E-state index in [1.807, 2.05) is 25.2 Å². The molecule has 2 heteroatoms. The molecule has 0 aromatic carbocycles. The van der Waals surface area contributed by atoms with Crippen LogP contribution < -0.4 is 0 Å². The van der Waals surface area contributed by atoms with Gasteiger partial charge >= 0.3 is 0 Å². The van der Waals surface area contributed by atoms with Gasteiger partial charge in [0.1, 0.15) is 6.10 Å². The Morgan fingerprint density at radius 2 is 1.85 bits per heavy atom. The molecule has 0 radical (unpaired) electrons. The summed E-state index contributed by atoms with van der Waals surface area (Å²) in [5.41, 5.74) is 0. The van der Waals surface area contributed by atoms with Crippen molar-refractivity contribution >= 4 is 0 Å². The summed E-state index contributed by atoms with van der Waals surface area (Å²) in [6.07, 6.45) is 11.8. The molecule has 1 saturated heterocycles. The van der Waals surface area contributed by atoms with E-state index < -0.39 is 0 Å². The van der Waals surface area contributed by atoms with Gasteiger partial charge in [0.05, 0.1) is 6.26 Å². The second-order valence-corrected chi connectivity index (χ2v) is 3.23. The second-order valence-electron chi connectivity index (χ2n) is 3.23. The summed E-state index contributed by atoms with van der Waals surface area (Å²) in [6, 6.07) is 0. The lowest BCUT2D eigenvalue weighted by molar-refractivity contribution is 0.0968. The van der Waals surface area contributed by atoms with Crippen LogP contribution in [-0.2, 0) is 9.47 Å². The van der Waals surface area contributed by atoms with E-state index in [2.05, 4.69) is 0 Å². The van der Waals surface area contributed by atoms with Crippen LogP contribution in [0.5, 0.6) is 0 Å². The Labute approximate surface area is 80.2 Å². The minimum absolute atomic E-state index is 0.269. The van der Waals surface area contributed by atoms with Gasteiger partial charge in [0.25, 0.3) is 0 Å². The van der Waals surface area contributed by atoms with Crippen LogP contribution in [0, 0.1) is 0 Å². The molecule has 1 fully saturated rings. The van der Waals surface area contributed by atoms with Crippen molar-refractivity contribution < 1.29 is 9.47 Å². The standard InChI is InChI=1S/C6H8O.C5H10O/c1-6-4-2-3-5-7-6;1-2-4-6-5-3-1/h2-6H,1H3;1-5H2. The van der Waals surface area contributed by atoms with Crippen LogP contribution in [0.1, 0.15) is 26.2 Å². The predicted molar refractivity (Wildman–Crippen MR) is 53.5 cm³/mol. The maximum absolute atomic E-state index is 5.07. The van der Waals surface area contributed by atoms with Crippen molar-refractivity contribution in [3.63, 3.8) is 0 Å². The Balaban J connectivity index is 0.000000132. The molecule has 2 aliphatic rings. The molecule has 0 spiro atoms. The highest BCUT2D eigenvalue weighted by Crippen LogP contribution is 2.02. The quantitative estimate of drug-likeness (QED) is 0.573. The molecule has 13 heavy (non-hydrogen) atoms. The molecule has 0 N–H and O–H groups in total. The first-order valence-electron chi connectivity index (χ1n) is 4.96. The molecule has 0 saturated carbocycles. The van der Waals surface area contributed by atoms with Gasteiger partial charge in [-0.05, 0) is 38.3 Å². The van der Waals surface area contributed by atoms with Crippen LogP contribution in [-0.4, -0.2) is 19.3 Å². The maximum atomic E-state index is 5.07. The third kappa shape index (κ3) is 5.47. The molecule has 2 rings (SSSR count). The lowest BCUT2D eigenvalue weighted by Crippen LogP contribution is -2.03. The lowest BCUT2D eigenvalue weighted by atomic mass is 10.2. The molecule has 2 nitrogen and oxygen atoms in total. The summed E-state index contributed by atoms with van der Waals surface area (Å²) in [5, 5.41) is 0. The summed E-state index contributed by atoms with van der Waals surface area (Å²) < 4.78 is 10.1. The number of rotatable bonds is 0. The monoisotopic (exact) mass is 182 g/mol. The van der Waals surface area contributed by atoms with E-state index in [0.717, 1.165) is 13.2 Å². The molecule has 0 bridgehead atoms. The van der Waals surface area contributed by atoms with E-state index in [1.54, 1.807) is 6.26 Å². The molecule has 0 aromatic heterocycles. The first-order chi connectivity index (χ1) is 6.39. The third-order valence-electron chi connectivity index (χ3n) is 1.94. The van der Waals surface area contributed by atoms with Gasteiger partial charge in [-0.3, -0.25) is 0 Å². The zero-order valence-corrected chi connectivity index (χ0v) is 8.24. The largest absolute Gasteiger partial charge is 0.494 e. The van der Waals surface area contributed by atoms with Crippen LogP contribution in [0.25, 0.3) is 0 Å². The highest BCUT2D eigenvalue weighted by atomic mass is 16.5. The average molecular weight is 182 g/mol. The zero-order chi connectivity index (χ0) is 9.36. The molecule has 74 valence electrons. The smallest absolute Gasteiger partial charge is 0.113 e. The molecule has 1 unspecified atom stereocenters. The van der Waals surface area contributed by atoms with Crippen molar-refractivity contribution in [2.75, 3.05) is 13.2 Å². The van der Waals surface area contributed by atoms with Crippen molar-refractivity contribution in [2.45, 2.75) is 32.3 Å². The van der Waals surface area contributed by atoms with Gasteiger partial charge in [0.2, 0.25) is 0 Å². The van der Waals surface area contributed by atoms with Crippen LogP contribution in [0.4, 0.5) is 0 Å². The molecule has 1 atom stereocenters. The summed E-state index contributed by atoms with van der Waals surface area (Å²) >= 11 is 0. The van der Waals surface area contributed by atoms with Crippen molar-refractivity contribution in [2.24, 2.45) is 0 Å². The summed E-state index contributed by atoms with van der Waals surface area (Å²) in [6.45, 7) is 4.00. The van der Waals surface area contributed by atoms with Gasteiger partial charge < -0.3 is 9.47 Å². The van der Waals surface area contributed by atoms with E-state index in [0.29, 0.717) is 0 Å². The van der Waals surface area contributed by atoms with Gasteiger partial charge in [-0.25, -0.2) is 0 Å². The first-order valence-corrected chi connectivity index (χ1v) is 4.96. The normalized spacial score (nSPS) is 25.8. The molecule has 0 amide bonds. The zero-order valence-electron chi connectivity index (χ0n) is 8.24. The van der Waals surface area contributed by atoms with E-state index in [9.17, 15) is 0 Å². The highest BCUT2D eigenvalue weighted by Gasteiger charge is 1.95. The van der Waals surface area contributed by atoms with Crippen LogP contribution >= 0.6 is 0 Å². The van der Waals surface area contributed by atoms with Crippen molar-refractivity contribution in [1.82, 2.24) is 0 Å². The Morgan fingerprint density at radius 1 is 1.08 bits per heavy atom. The Bertz CT molecular complexity index is 157. The van der Waals surface area contributed by atoms with Gasteiger partial charge in [0.15, 0.2) is 0 Å². The van der Waals surface area contributed by atoms with E-state index in [-0.39, 0.29) is 6.10 Å². The molecular weight excluding hydrogens is 164 g/mol. The summed E-state index contributed by atoms with van der Waals surface area (Å²) in [5.74, 6) is 0. The number of hydrogen-bond donors (Lipinski definition) is 0. The molecule has 2 heterocycles. The van der Waals surface area contributed by atoms with Crippen molar-refractivity contribution in [3.05, 3.63) is 24.5 Å². The minimum atomic E-state index is 0.269. The second kappa shape index (κ2) is 6.72. The Morgan fingerprint density at radius 3 is 2.08 bits per heavy atom. The van der Waals surface area contributed by atoms with E-state index in [1.165, 1.54) is 19.3 Å². The molecule has 0 aliphatic carbocycles. The minimum Gasteiger partial charge on any atom is -0.494 e. The SMILES string of the molecule is C1CCOCC1.CC1C=CC=CO1. The van der Waals surface area contributed by atoms with Gasteiger partial charge in [-0.15, -0.1) is 0 Å². The topological polar surface area (TPSA) is 18.5 Å². The fourth-order valence-corrected chi connectivity index (χ4v) is 1.17. The maximum Gasteiger partial charge on any atom is 0.113 e. The van der Waals surface area contributed by atoms with Crippen LogP contribution in [0.3, 0.4) is 0 Å². The van der Waals surface area contributed by atoms with Gasteiger partial charge in [0, 0.05) is 13.2 Å². The Hall–Kier alpha value is -0.760. The average Bonchev–Trinajstić information content (AvgIpc) is 2.22. The summed E-state index contributed by atoms with van der Waals surface area (Å²) in [4.78, 5) is 0. The van der Waals surface area contributed by atoms with E-state index >= 15 is 0 Å². The Kier molecular flexibility index (Phi) is 5.34. The molecule has 0 aromatic rings. The van der Waals surface area contributed by atoms with Crippen molar-refractivity contribution in [1.29, 1.82) is 0 Å². The molecule has 2 aliphatic heterocycles. The fourth-order valence-electron chi connectivity index (χ4n) is 1.17. The first kappa shape index (κ1) is 10.3. The van der Waals surface area contributed by atoms with Gasteiger partial charge in [-0.2, -0.15) is 0 Å². The predicted octanol–water partition coefficient (Wildman–Crippen LogP) is 2.66. The van der Waals surface area contributed by atoms with Crippen LogP contribution in [0.2, 0.25) is 0 Å².